The lowest BCUT2D eigenvalue weighted by atomic mass is 10.2. The number of phenolic OH excluding ortho intramolecular Hbond substituents is 1. The SMILES string of the molecule is O=S(=O)(O)c1cc(C=Nc2ccccc2)ccc1O. The van der Waals surface area contributed by atoms with Crippen LogP contribution in [-0.4, -0.2) is 24.3 Å². The molecule has 0 radical (unpaired) electrons. The number of benzene rings is 2. The van der Waals surface area contributed by atoms with Crippen molar-refractivity contribution >= 4 is 22.0 Å². The summed E-state index contributed by atoms with van der Waals surface area (Å²) in [5.41, 5.74) is 1.17. The molecule has 5 nitrogen and oxygen atoms in total. The summed E-state index contributed by atoms with van der Waals surface area (Å²) in [4.78, 5) is 3.61. The predicted octanol–water partition coefficient (Wildman–Crippen LogP) is 2.39. The van der Waals surface area contributed by atoms with Gasteiger partial charge in [0.15, 0.2) is 0 Å². The van der Waals surface area contributed by atoms with Gasteiger partial charge in [-0.25, -0.2) is 0 Å². The second-order valence-corrected chi connectivity index (χ2v) is 5.19. The van der Waals surface area contributed by atoms with Crippen LogP contribution < -0.4 is 0 Å². The molecular weight excluding hydrogens is 266 g/mol. The molecule has 0 bridgehead atoms. The van der Waals surface area contributed by atoms with Crippen molar-refractivity contribution in [3.05, 3.63) is 54.1 Å². The van der Waals surface area contributed by atoms with E-state index in [0.717, 1.165) is 6.07 Å². The lowest BCUT2D eigenvalue weighted by molar-refractivity contribution is 0.443. The van der Waals surface area contributed by atoms with Crippen molar-refractivity contribution in [2.75, 3.05) is 0 Å². The second kappa shape index (κ2) is 5.21. The van der Waals surface area contributed by atoms with Crippen LogP contribution in [0.25, 0.3) is 0 Å². The Hall–Kier alpha value is -2.18. The van der Waals surface area contributed by atoms with Crippen LogP contribution in [-0.2, 0) is 10.1 Å². The zero-order chi connectivity index (χ0) is 13.9. The molecule has 0 unspecified atom stereocenters. The van der Waals surface area contributed by atoms with E-state index in [-0.39, 0.29) is 0 Å². The van der Waals surface area contributed by atoms with E-state index in [4.69, 9.17) is 4.55 Å². The van der Waals surface area contributed by atoms with Crippen molar-refractivity contribution in [1.82, 2.24) is 0 Å². The fourth-order valence-electron chi connectivity index (χ4n) is 1.48. The lowest BCUT2D eigenvalue weighted by Gasteiger charge is -2.02. The monoisotopic (exact) mass is 277 g/mol. The van der Waals surface area contributed by atoms with Crippen molar-refractivity contribution in [2.45, 2.75) is 4.90 Å². The Morgan fingerprint density at radius 1 is 1.05 bits per heavy atom. The maximum absolute atomic E-state index is 11.0. The van der Waals surface area contributed by atoms with Gasteiger partial charge in [-0.3, -0.25) is 9.55 Å². The first-order valence-corrected chi connectivity index (χ1v) is 6.80. The van der Waals surface area contributed by atoms with Crippen molar-refractivity contribution < 1.29 is 18.1 Å². The molecule has 0 atom stereocenters. The Labute approximate surface area is 110 Å². The highest BCUT2D eigenvalue weighted by Crippen LogP contribution is 2.23. The van der Waals surface area contributed by atoms with E-state index < -0.39 is 20.8 Å². The number of hydrogen-bond donors (Lipinski definition) is 2. The molecule has 0 spiro atoms. The number of rotatable bonds is 3. The summed E-state index contributed by atoms with van der Waals surface area (Å²) in [6.07, 6.45) is 1.45. The lowest BCUT2D eigenvalue weighted by Crippen LogP contribution is -1.99. The molecule has 98 valence electrons. The zero-order valence-corrected chi connectivity index (χ0v) is 10.6. The quantitative estimate of drug-likeness (QED) is 0.666. The molecule has 2 rings (SSSR count). The molecule has 2 N–H and O–H groups in total. The van der Waals surface area contributed by atoms with Crippen LogP contribution in [0.3, 0.4) is 0 Å². The van der Waals surface area contributed by atoms with Gasteiger partial charge in [0.1, 0.15) is 10.6 Å². The third-order valence-electron chi connectivity index (χ3n) is 2.38. The number of aliphatic imine (C=N–C) groups is 1. The van der Waals surface area contributed by atoms with Crippen molar-refractivity contribution in [2.24, 2.45) is 4.99 Å². The third kappa shape index (κ3) is 3.40. The van der Waals surface area contributed by atoms with Crippen LogP contribution in [0.5, 0.6) is 5.75 Å². The molecule has 0 aliphatic heterocycles. The maximum atomic E-state index is 11.0. The van der Waals surface area contributed by atoms with E-state index in [9.17, 15) is 13.5 Å². The average molecular weight is 277 g/mol. The number of aromatic hydroxyl groups is 1. The van der Waals surface area contributed by atoms with Gasteiger partial charge in [-0.15, -0.1) is 0 Å². The molecule has 0 saturated carbocycles. The maximum Gasteiger partial charge on any atom is 0.298 e. The summed E-state index contributed by atoms with van der Waals surface area (Å²) < 4.78 is 31.0. The molecule has 2 aromatic rings. The van der Waals surface area contributed by atoms with Crippen molar-refractivity contribution in [3.63, 3.8) is 0 Å². The number of nitrogens with zero attached hydrogens (tertiary/aromatic N) is 1. The fraction of sp³-hybridized carbons (Fsp3) is 0. The zero-order valence-electron chi connectivity index (χ0n) is 9.76. The van der Waals surface area contributed by atoms with Gasteiger partial charge in [0.05, 0.1) is 5.69 Å². The normalized spacial score (nSPS) is 11.8. The summed E-state index contributed by atoms with van der Waals surface area (Å²) in [7, 11) is -4.45. The summed E-state index contributed by atoms with van der Waals surface area (Å²) in [6.45, 7) is 0. The molecule has 0 amide bonds. The molecule has 0 aliphatic rings. The Morgan fingerprint density at radius 2 is 1.74 bits per heavy atom. The summed E-state index contributed by atoms with van der Waals surface area (Å²) in [6, 6.07) is 12.9. The molecule has 0 aliphatic carbocycles. The topological polar surface area (TPSA) is 87.0 Å². The van der Waals surface area contributed by atoms with E-state index in [2.05, 4.69) is 4.99 Å². The highest BCUT2D eigenvalue weighted by molar-refractivity contribution is 7.86. The van der Waals surface area contributed by atoms with Gasteiger partial charge in [0.2, 0.25) is 0 Å². The first-order chi connectivity index (χ1) is 8.97. The van der Waals surface area contributed by atoms with Crippen molar-refractivity contribution in [3.8, 4) is 5.75 Å². The van der Waals surface area contributed by atoms with Gasteiger partial charge in [-0.2, -0.15) is 8.42 Å². The summed E-state index contributed by atoms with van der Waals surface area (Å²) in [5.74, 6) is -0.501. The molecule has 0 saturated heterocycles. The number of phenols is 1. The average Bonchev–Trinajstić information content (AvgIpc) is 2.37. The van der Waals surface area contributed by atoms with Crippen LogP contribution in [0.2, 0.25) is 0 Å². The van der Waals surface area contributed by atoms with Gasteiger partial charge < -0.3 is 5.11 Å². The van der Waals surface area contributed by atoms with Crippen LogP contribution in [0.1, 0.15) is 5.56 Å². The van der Waals surface area contributed by atoms with Gasteiger partial charge >= 0.3 is 0 Å². The molecule has 0 aromatic heterocycles. The van der Waals surface area contributed by atoms with Crippen LogP contribution in [0.15, 0.2) is 58.4 Å². The van der Waals surface area contributed by atoms with Gasteiger partial charge in [-0.1, -0.05) is 18.2 Å². The van der Waals surface area contributed by atoms with Crippen LogP contribution in [0, 0.1) is 0 Å². The van der Waals surface area contributed by atoms with Gasteiger partial charge in [0.25, 0.3) is 10.1 Å². The number of para-hydroxylation sites is 1. The Bertz CT molecular complexity index is 709. The first-order valence-electron chi connectivity index (χ1n) is 5.36. The molecule has 0 fully saturated rings. The summed E-state index contributed by atoms with van der Waals surface area (Å²) in [5, 5.41) is 9.37. The second-order valence-electron chi connectivity index (χ2n) is 3.80. The van der Waals surface area contributed by atoms with Crippen LogP contribution in [0.4, 0.5) is 5.69 Å². The Balaban J connectivity index is 2.35. The molecule has 19 heavy (non-hydrogen) atoms. The standard InChI is InChI=1S/C13H11NO4S/c15-12-7-6-10(8-13(12)19(16,17)18)9-14-11-4-2-1-3-5-11/h1-9,15H,(H,16,17,18). The van der Waals surface area contributed by atoms with E-state index in [1.807, 2.05) is 18.2 Å². The minimum Gasteiger partial charge on any atom is -0.506 e. The molecule has 0 heterocycles. The minimum atomic E-state index is -4.45. The highest BCUT2D eigenvalue weighted by atomic mass is 32.2. The minimum absolute atomic E-state index is 0.453. The van der Waals surface area contributed by atoms with E-state index >= 15 is 0 Å². The predicted molar refractivity (Wildman–Crippen MR) is 71.6 cm³/mol. The van der Waals surface area contributed by atoms with Gasteiger partial charge in [-0.05, 0) is 35.9 Å². The van der Waals surface area contributed by atoms with E-state index in [1.54, 1.807) is 12.1 Å². The first kappa shape index (κ1) is 13.3. The van der Waals surface area contributed by atoms with Gasteiger partial charge in [0, 0.05) is 6.21 Å². The van der Waals surface area contributed by atoms with Crippen molar-refractivity contribution in [1.29, 1.82) is 0 Å². The van der Waals surface area contributed by atoms with Crippen LogP contribution >= 0.6 is 0 Å². The van der Waals surface area contributed by atoms with E-state index in [1.165, 1.54) is 18.3 Å². The number of hydrogen-bond acceptors (Lipinski definition) is 4. The molecule has 6 heteroatoms. The summed E-state index contributed by atoms with van der Waals surface area (Å²) >= 11 is 0. The van der Waals surface area contributed by atoms with E-state index in [0.29, 0.717) is 11.3 Å². The Kier molecular flexibility index (Phi) is 3.64. The highest BCUT2D eigenvalue weighted by Gasteiger charge is 2.15. The smallest absolute Gasteiger partial charge is 0.298 e. The third-order valence-corrected chi connectivity index (χ3v) is 3.26. The Morgan fingerprint density at radius 3 is 2.37 bits per heavy atom. The molecular formula is C13H11NO4S. The molecule has 2 aromatic carbocycles. The largest absolute Gasteiger partial charge is 0.506 e. The fourth-order valence-corrected chi connectivity index (χ4v) is 2.10.